The van der Waals surface area contributed by atoms with Crippen LogP contribution in [0.2, 0.25) is 0 Å². The van der Waals surface area contributed by atoms with E-state index in [-0.39, 0.29) is 18.9 Å². The van der Waals surface area contributed by atoms with E-state index in [0.29, 0.717) is 0 Å². The molecule has 1 aliphatic carbocycles. The van der Waals surface area contributed by atoms with E-state index in [9.17, 15) is 14.7 Å². The van der Waals surface area contributed by atoms with Crippen LogP contribution in [0, 0.1) is 6.92 Å². The summed E-state index contributed by atoms with van der Waals surface area (Å²) in [5, 5.41) is 12.2. The third kappa shape index (κ3) is 4.68. The number of carboxylic acids is 1. The summed E-state index contributed by atoms with van der Waals surface area (Å²) in [5.41, 5.74) is 6.15. The number of hydrogen-bond acceptors (Lipinski definition) is 4. The normalized spacial score (nSPS) is 13.1. The number of fused-ring (bicyclic) bond motifs is 3. The van der Waals surface area contributed by atoms with Crippen molar-refractivity contribution in [2.45, 2.75) is 25.3 Å². The number of rotatable bonds is 7. The molecule has 4 aromatic rings. The average molecular weight is 468 g/mol. The van der Waals surface area contributed by atoms with E-state index in [1.807, 2.05) is 79.7 Å². The third-order valence-electron chi connectivity index (χ3n) is 6.35. The molecule has 1 aromatic heterocycles. The second-order valence-electron chi connectivity index (χ2n) is 8.67. The van der Waals surface area contributed by atoms with Crippen LogP contribution < -0.4 is 5.32 Å². The standard InChI is InChI=1S/C29H25NO5/c1-18-10-15-27(35-18)20-13-11-19(12-14-20)16-26(28(31)32)30-29(33)34-17-25-23-8-4-2-6-21(23)22-7-3-5-9-24(22)25/h2-15,25-26H,16-17H2,1H3,(H,30,33)(H,31,32). The molecule has 0 saturated carbocycles. The summed E-state index contributed by atoms with van der Waals surface area (Å²) >= 11 is 0. The highest BCUT2D eigenvalue weighted by Gasteiger charge is 2.29. The van der Waals surface area contributed by atoms with Crippen molar-refractivity contribution in [1.82, 2.24) is 5.32 Å². The lowest BCUT2D eigenvalue weighted by molar-refractivity contribution is -0.139. The third-order valence-corrected chi connectivity index (χ3v) is 6.35. The van der Waals surface area contributed by atoms with Crippen molar-refractivity contribution in [2.24, 2.45) is 0 Å². The highest BCUT2D eigenvalue weighted by molar-refractivity contribution is 5.81. The Hall–Kier alpha value is -4.32. The Kier molecular flexibility index (Phi) is 6.10. The molecule has 1 atom stereocenters. The van der Waals surface area contributed by atoms with Gasteiger partial charge in [-0.15, -0.1) is 0 Å². The summed E-state index contributed by atoms with van der Waals surface area (Å²) in [6.07, 6.45) is -0.612. The first kappa shape index (κ1) is 22.5. The van der Waals surface area contributed by atoms with Crippen molar-refractivity contribution < 1.29 is 23.8 Å². The Morgan fingerprint density at radius 2 is 1.54 bits per heavy atom. The molecule has 0 aliphatic heterocycles. The molecule has 0 bridgehead atoms. The highest BCUT2D eigenvalue weighted by Crippen LogP contribution is 2.44. The number of carboxylic acid groups (broad SMARTS) is 1. The topological polar surface area (TPSA) is 88.8 Å². The van der Waals surface area contributed by atoms with E-state index in [1.165, 1.54) is 0 Å². The van der Waals surface area contributed by atoms with Gasteiger partial charge in [-0.1, -0.05) is 72.8 Å². The molecule has 6 heteroatoms. The summed E-state index contributed by atoms with van der Waals surface area (Å²) in [6.45, 7) is 2.01. The van der Waals surface area contributed by atoms with Crippen molar-refractivity contribution >= 4 is 12.1 Å². The lowest BCUT2D eigenvalue weighted by Gasteiger charge is -2.17. The summed E-state index contributed by atoms with van der Waals surface area (Å²) in [4.78, 5) is 24.4. The molecule has 176 valence electrons. The molecule has 1 heterocycles. The zero-order chi connectivity index (χ0) is 24.4. The molecule has 1 aliphatic rings. The summed E-state index contributed by atoms with van der Waals surface area (Å²) < 4.78 is 11.1. The monoisotopic (exact) mass is 467 g/mol. The van der Waals surface area contributed by atoms with Gasteiger partial charge < -0.3 is 19.6 Å². The van der Waals surface area contributed by atoms with E-state index in [2.05, 4.69) is 17.4 Å². The van der Waals surface area contributed by atoms with Crippen molar-refractivity contribution in [3.8, 4) is 22.5 Å². The molecular formula is C29H25NO5. The Balaban J connectivity index is 1.23. The van der Waals surface area contributed by atoms with Crippen LogP contribution in [-0.4, -0.2) is 29.8 Å². The SMILES string of the molecule is Cc1ccc(-c2ccc(CC(NC(=O)OCC3c4ccccc4-c4ccccc43)C(=O)O)cc2)o1. The number of benzene rings is 3. The van der Waals surface area contributed by atoms with E-state index in [4.69, 9.17) is 9.15 Å². The number of carbonyl (C=O) groups excluding carboxylic acids is 1. The molecule has 0 radical (unpaired) electrons. The van der Waals surface area contributed by atoms with Crippen molar-refractivity contribution in [2.75, 3.05) is 6.61 Å². The number of nitrogens with one attached hydrogen (secondary N) is 1. The van der Waals surface area contributed by atoms with Crippen LogP contribution >= 0.6 is 0 Å². The number of furan rings is 1. The van der Waals surface area contributed by atoms with Crippen LogP contribution in [0.1, 0.15) is 28.4 Å². The van der Waals surface area contributed by atoms with E-state index in [0.717, 1.165) is 44.9 Å². The minimum absolute atomic E-state index is 0.0887. The fourth-order valence-electron chi connectivity index (χ4n) is 4.61. The minimum Gasteiger partial charge on any atom is -0.480 e. The first-order valence-electron chi connectivity index (χ1n) is 11.5. The Morgan fingerprint density at radius 3 is 2.11 bits per heavy atom. The lowest BCUT2D eigenvalue weighted by Crippen LogP contribution is -2.42. The van der Waals surface area contributed by atoms with Gasteiger partial charge in [-0.3, -0.25) is 0 Å². The smallest absolute Gasteiger partial charge is 0.407 e. The van der Waals surface area contributed by atoms with E-state index >= 15 is 0 Å². The van der Waals surface area contributed by atoms with Gasteiger partial charge in [-0.05, 0) is 46.9 Å². The van der Waals surface area contributed by atoms with Gasteiger partial charge in [0.2, 0.25) is 0 Å². The number of carbonyl (C=O) groups is 2. The second-order valence-corrected chi connectivity index (χ2v) is 8.67. The molecule has 5 rings (SSSR count). The molecular weight excluding hydrogens is 442 g/mol. The molecule has 0 fully saturated rings. The van der Waals surface area contributed by atoms with Crippen molar-refractivity contribution in [3.05, 3.63) is 107 Å². The molecule has 1 unspecified atom stereocenters. The Labute approximate surface area is 203 Å². The summed E-state index contributed by atoms with van der Waals surface area (Å²) in [6, 6.07) is 26.2. The van der Waals surface area contributed by atoms with Gasteiger partial charge in [0, 0.05) is 17.9 Å². The van der Waals surface area contributed by atoms with Gasteiger partial charge in [0.15, 0.2) is 0 Å². The number of ether oxygens (including phenoxy) is 1. The maximum absolute atomic E-state index is 12.6. The predicted molar refractivity (Wildman–Crippen MR) is 132 cm³/mol. The first-order valence-corrected chi connectivity index (χ1v) is 11.5. The van der Waals surface area contributed by atoms with E-state index in [1.54, 1.807) is 0 Å². The van der Waals surface area contributed by atoms with Gasteiger partial charge in [-0.25, -0.2) is 9.59 Å². The second kappa shape index (κ2) is 9.50. The lowest BCUT2D eigenvalue weighted by atomic mass is 9.98. The Bertz CT molecular complexity index is 1330. The Morgan fingerprint density at radius 1 is 0.914 bits per heavy atom. The number of aliphatic carboxylic acids is 1. The van der Waals surface area contributed by atoms with Crippen molar-refractivity contribution in [3.63, 3.8) is 0 Å². The zero-order valence-corrected chi connectivity index (χ0v) is 19.2. The number of amides is 1. The van der Waals surface area contributed by atoms with E-state index < -0.39 is 18.1 Å². The van der Waals surface area contributed by atoms with Crippen LogP contribution in [0.5, 0.6) is 0 Å². The quantitative estimate of drug-likeness (QED) is 0.359. The van der Waals surface area contributed by atoms with Crippen LogP contribution in [0.15, 0.2) is 89.3 Å². The highest BCUT2D eigenvalue weighted by atomic mass is 16.5. The molecule has 1 amide bonds. The number of alkyl carbamates (subject to hydrolysis) is 1. The largest absolute Gasteiger partial charge is 0.480 e. The molecule has 3 aromatic carbocycles. The molecule has 0 spiro atoms. The molecule has 35 heavy (non-hydrogen) atoms. The predicted octanol–water partition coefficient (Wildman–Crippen LogP) is 5.79. The number of hydrogen-bond donors (Lipinski definition) is 2. The van der Waals surface area contributed by atoms with Crippen molar-refractivity contribution in [1.29, 1.82) is 0 Å². The van der Waals surface area contributed by atoms with Gasteiger partial charge in [0.05, 0.1) is 0 Å². The summed E-state index contributed by atoms with van der Waals surface area (Å²) in [5.74, 6) is 0.362. The zero-order valence-electron chi connectivity index (χ0n) is 19.2. The molecule has 6 nitrogen and oxygen atoms in total. The minimum atomic E-state index is -1.12. The van der Waals surface area contributed by atoms with Gasteiger partial charge >= 0.3 is 12.1 Å². The van der Waals surface area contributed by atoms with Crippen LogP contribution in [0.3, 0.4) is 0 Å². The van der Waals surface area contributed by atoms with Crippen LogP contribution in [-0.2, 0) is 16.0 Å². The fourth-order valence-corrected chi connectivity index (χ4v) is 4.61. The maximum Gasteiger partial charge on any atom is 0.407 e. The number of aryl methyl sites for hydroxylation is 1. The maximum atomic E-state index is 12.6. The van der Waals surface area contributed by atoms with Gasteiger partial charge in [-0.2, -0.15) is 0 Å². The average Bonchev–Trinajstić information content (AvgIpc) is 3.44. The van der Waals surface area contributed by atoms with Gasteiger partial charge in [0.1, 0.15) is 24.2 Å². The van der Waals surface area contributed by atoms with Crippen LogP contribution in [0.4, 0.5) is 4.79 Å². The van der Waals surface area contributed by atoms with Gasteiger partial charge in [0.25, 0.3) is 0 Å². The first-order chi connectivity index (χ1) is 17.0. The fraction of sp³-hybridized carbons (Fsp3) is 0.172. The molecule has 0 saturated heterocycles. The van der Waals surface area contributed by atoms with Crippen LogP contribution in [0.25, 0.3) is 22.5 Å². The molecule has 2 N–H and O–H groups in total. The summed E-state index contributed by atoms with van der Waals surface area (Å²) in [7, 11) is 0.